The number of hydrogen-bond donors (Lipinski definition) is 0. The van der Waals surface area contributed by atoms with E-state index >= 15 is 0 Å². The summed E-state index contributed by atoms with van der Waals surface area (Å²) in [5.74, 6) is -0.509. The van der Waals surface area contributed by atoms with Crippen LogP contribution in [-0.2, 0) is 10.9 Å². The fourth-order valence-corrected chi connectivity index (χ4v) is 2.69. The van der Waals surface area contributed by atoms with E-state index in [0.29, 0.717) is 21.1 Å². The van der Waals surface area contributed by atoms with Crippen molar-refractivity contribution in [1.29, 1.82) is 0 Å². The molecular formula is C14H12F3NO2S. The van der Waals surface area contributed by atoms with E-state index < -0.39 is 17.7 Å². The molecule has 0 saturated carbocycles. The molecule has 0 amide bonds. The largest absolute Gasteiger partial charge is 0.462 e. The van der Waals surface area contributed by atoms with Gasteiger partial charge in [0.1, 0.15) is 9.88 Å². The number of halogens is 3. The molecule has 0 unspecified atom stereocenters. The predicted molar refractivity (Wildman–Crippen MR) is 73.2 cm³/mol. The van der Waals surface area contributed by atoms with Gasteiger partial charge in [0, 0.05) is 5.56 Å². The van der Waals surface area contributed by atoms with Crippen molar-refractivity contribution in [3.63, 3.8) is 0 Å². The number of nitrogens with zero attached hydrogens (tertiary/aromatic N) is 1. The SMILES string of the molecule is CCOC(=O)c1sc(-c2cccc(C(F)(F)F)c2)nc1C. The van der Waals surface area contributed by atoms with E-state index in [1.54, 1.807) is 13.8 Å². The first-order valence-corrected chi connectivity index (χ1v) is 6.96. The number of carbonyl (C=O) groups is 1. The van der Waals surface area contributed by atoms with Gasteiger partial charge in [0.25, 0.3) is 0 Å². The lowest BCUT2D eigenvalue weighted by Gasteiger charge is -2.07. The van der Waals surface area contributed by atoms with Crippen LogP contribution in [0.4, 0.5) is 13.2 Å². The average molecular weight is 315 g/mol. The molecule has 0 radical (unpaired) electrons. The molecule has 0 saturated heterocycles. The quantitative estimate of drug-likeness (QED) is 0.792. The number of aryl methyl sites for hydroxylation is 1. The maximum absolute atomic E-state index is 12.7. The van der Waals surface area contributed by atoms with Crippen LogP contribution in [0.5, 0.6) is 0 Å². The molecule has 0 aliphatic carbocycles. The van der Waals surface area contributed by atoms with Gasteiger partial charge in [-0.3, -0.25) is 0 Å². The van der Waals surface area contributed by atoms with Gasteiger partial charge in [-0.2, -0.15) is 13.2 Å². The molecule has 0 atom stereocenters. The average Bonchev–Trinajstić information content (AvgIpc) is 2.80. The Hall–Kier alpha value is -1.89. The van der Waals surface area contributed by atoms with Crippen molar-refractivity contribution in [2.75, 3.05) is 6.61 Å². The van der Waals surface area contributed by atoms with E-state index in [1.165, 1.54) is 12.1 Å². The van der Waals surface area contributed by atoms with Crippen molar-refractivity contribution in [3.8, 4) is 10.6 Å². The fraction of sp³-hybridized carbons (Fsp3) is 0.286. The highest BCUT2D eigenvalue weighted by Crippen LogP contribution is 2.34. The molecule has 21 heavy (non-hydrogen) atoms. The molecule has 1 heterocycles. The summed E-state index contributed by atoms with van der Waals surface area (Å²) in [5.41, 5.74) is 0.0323. The summed E-state index contributed by atoms with van der Waals surface area (Å²) in [7, 11) is 0. The highest BCUT2D eigenvalue weighted by Gasteiger charge is 2.30. The number of hydrogen-bond acceptors (Lipinski definition) is 4. The fourth-order valence-electron chi connectivity index (χ4n) is 1.73. The summed E-state index contributed by atoms with van der Waals surface area (Å²) in [4.78, 5) is 16.2. The standard InChI is InChI=1S/C14H12F3NO2S/c1-3-20-13(19)11-8(2)18-12(21-11)9-5-4-6-10(7-9)14(15,16)17/h4-7H,3H2,1-2H3. The molecule has 3 nitrogen and oxygen atoms in total. The zero-order chi connectivity index (χ0) is 15.6. The third-order valence-electron chi connectivity index (χ3n) is 2.69. The van der Waals surface area contributed by atoms with Crippen LogP contribution in [0, 0.1) is 6.92 Å². The van der Waals surface area contributed by atoms with Crippen molar-refractivity contribution in [2.45, 2.75) is 20.0 Å². The maximum atomic E-state index is 12.7. The molecule has 0 N–H and O–H groups in total. The Balaban J connectivity index is 2.40. The third-order valence-corrected chi connectivity index (χ3v) is 3.88. The third kappa shape index (κ3) is 3.41. The summed E-state index contributed by atoms with van der Waals surface area (Å²) in [5, 5.41) is 0.363. The van der Waals surface area contributed by atoms with Gasteiger partial charge < -0.3 is 4.74 Å². The second kappa shape index (κ2) is 5.85. The number of rotatable bonds is 3. The Labute approximate surface area is 123 Å². The summed E-state index contributed by atoms with van der Waals surface area (Å²) >= 11 is 1.03. The predicted octanol–water partition coefficient (Wildman–Crippen LogP) is 4.31. The van der Waals surface area contributed by atoms with Crippen molar-refractivity contribution in [1.82, 2.24) is 4.98 Å². The lowest BCUT2D eigenvalue weighted by molar-refractivity contribution is -0.137. The summed E-state index contributed by atoms with van der Waals surface area (Å²) in [6.45, 7) is 3.54. The van der Waals surface area contributed by atoms with Gasteiger partial charge in [0.2, 0.25) is 0 Å². The van der Waals surface area contributed by atoms with Crippen molar-refractivity contribution in [3.05, 3.63) is 40.4 Å². The number of thiazole rings is 1. The molecule has 1 aromatic carbocycles. The van der Waals surface area contributed by atoms with Crippen LogP contribution >= 0.6 is 11.3 Å². The van der Waals surface area contributed by atoms with Crippen molar-refractivity contribution >= 4 is 17.3 Å². The van der Waals surface area contributed by atoms with Crippen LogP contribution in [0.2, 0.25) is 0 Å². The van der Waals surface area contributed by atoms with E-state index in [2.05, 4.69) is 4.98 Å². The number of carbonyl (C=O) groups excluding carboxylic acids is 1. The molecular weight excluding hydrogens is 303 g/mol. The molecule has 1 aromatic heterocycles. The molecule has 7 heteroatoms. The van der Waals surface area contributed by atoms with E-state index in [1.807, 2.05) is 0 Å². The number of alkyl halides is 3. The first kappa shape index (κ1) is 15.5. The Morgan fingerprint density at radius 1 is 1.38 bits per heavy atom. The van der Waals surface area contributed by atoms with Gasteiger partial charge in [-0.15, -0.1) is 11.3 Å². The Bertz CT molecular complexity index is 664. The Kier molecular flexibility index (Phi) is 4.32. The zero-order valence-electron chi connectivity index (χ0n) is 11.3. The molecule has 2 aromatic rings. The molecule has 0 bridgehead atoms. The Morgan fingerprint density at radius 3 is 2.71 bits per heavy atom. The number of aromatic nitrogens is 1. The van der Waals surface area contributed by atoms with E-state index in [9.17, 15) is 18.0 Å². The minimum absolute atomic E-state index is 0.231. The van der Waals surface area contributed by atoms with Crippen molar-refractivity contribution in [2.24, 2.45) is 0 Å². The molecule has 0 aliphatic heterocycles. The summed E-state index contributed by atoms with van der Waals surface area (Å²) in [6, 6.07) is 4.87. The van der Waals surface area contributed by atoms with Gasteiger partial charge in [-0.25, -0.2) is 9.78 Å². The minimum Gasteiger partial charge on any atom is -0.462 e. The molecule has 0 spiro atoms. The molecule has 0 aliphatic rings. The highest BCUT2D eigenvalue weighted by molar-refractivity contribution is 7.17. The van der Waals surface area contributed by atoms with Gasteiger partial charge in [-0.1, -0.05) is 12.1 Å². The first-order chi connectivity index (χ1) is 9.82. The lowest BCUT2D eigenvalue weighted by Crippen LogP contribution is -2.04. The van der Waals surface area contributed by atoms with E-state index in [0.717, 1.165) is 23.5 Å². The lowest BCUT2D eigenvalue weighted by atomic mass is 10.1. The number of ether oxygens (including phenoxy) is 1. The van der Waals surface area contributed by atoms with E-state index in [-0.39, 0.29) is 6.61 Å². The normalized spacial score (nSPS) is 11.5. The van der Waals surface area contributed by atoms with E-state index in [4.69, 9.17) is 4.74 Å². The molecule has 2 rings (SSSR count). The van der Waals surface area contributed by atoms with Crippen LogP contribution in [0.15, 0.2) is 24.3 Å². The number of benzene rings is 1. The summed E-state index contributed by atoms with van der Waals surface area (Å²) < 4.78 is 43.0. The second-order valence-electron chi connectivity index (χ2n) is 4.23. The first-order valence-electron chi connectivity index (χ1n) is 6.15. The topological polar surface area (TPSA) is 39.2 Å². The molecule has 0 fully saturated rings. The van der Waals surface area contributed by atoms with Crippen LogP contribution < -0.4 is 0 Å². The summed E-state index contributed by atoms with van der Waals surface area (Å²) in [6.07, 6.45) is -4.41. The van der Waals surface area contributed by atoms with Crippen LogP contribution in [0.3, 0.4) is 0 Å². The molecule has 112 valence electrons. The van der Waals surface area contributed by atoms with Gasteiger partial charge in [0.15, 0.2) is 0 Å². The second-order valence-corrected chi connectivity index (χ2v) is 5.23. The van der Waals surface area contributed by atoms with Gasteiger partial charge in [-0.05, 0) is 26.0 Å². The monoisotopic (exact) mass is 315 g/mol. The van der Waals surface area contributed by atoms with Crippen LogP contribution in [-0.4, -0.2) is 17.6 Å². The van der Waals surface area contributed by atoms with Gasteiger partial charge >= 0.3 is 12.1 Å². The highest BCUT2D eigenvalue weighted by atomic mass is 32.1. The van der Waals surface area contributed by atoms with Crippen LogP contribution in [0.1, 0.15) is 27.9 Å². The zero-order valence-corrected chi connectivity index (χ0v) is 12.1. The van der Waals surface area contributed by atoms with Crippen molar-refractivity contribution < 1.29 is 22.7 Å². The smallest absolute Gasteiger partial charge is 0.416 e. The van der Waals surface area contributed by atoms with Crippen LogP contribution in [0.25, 0.3) is 10.6 Å². The Morgan fingerprint density at radius 2 is 2.10 bits per heavy atom. The minimum atomic E-state index is -4.41. The van der Waals surface area contributed by atoms with Gasteiger partial charge in [0.05, 0.1) is 17.9 Å². The maximum Gasteiger partial charge on any atom is 0.416 e. The number of esters is 1.